The third-order valence-electron chi connectivity index (χ3n) is 3.44. The second kappa shape index (κ2) is 5.96. The molecule has 120 valence electrons. The topological polar surface area (TPSA) is 92.8 Å². The van der Waals surface area contributed by atoms with E-state index < -0.39 is 21.9 Å². The standard InChI is InChI=1S/C14H18N2O5S/c1-9-6-11-7-10(14(18)21-8-13(17)15-2)4-5-12(11)16(9)22(3,19)20/h4-5,7,9H,6,8H2,1-3H3,(H,15,17)/t9-/m0/s1. The van der Waals surface area contributed by atoms with Crippen molar-refractivity contribution in [2.24, 2.45) is 0 Å². The molecule has 0 unspecified atom stereocenters. The van der Waals surface area contributed by atoms with Gasteiger partial charge in [-0.05, 0) is 37.1 Å². The summed E-state index contributed by atoms with van der Waals surface area (Å²) in [5, 5.41) is 2.35. The molecule has 1 amide bonds. The van der Waals surface area contributed by atoms with Gasteiger partial charge in [0.05, 0.1) is 17.5 Å². The Morgan fingerprint density at radius 1 is 1.41 bits per heavy atom. The number of anilines is 1. The molecular formula is C14H18N2O5S. The Morgan fingerprint density at radius 3 is 2.68 bits per heavy atom. The molecule has 0 aromatic heterocycles. The van der Waals surface area contributed by atoms with Crippen molar-refractivity contribution in [1.29, 1.82) is 0 Å². The number of nitrogens with one attached hydrogen (secondary N) is 1. The number of hydrogen-bond donors (Lipinski definition) is 1. The Hall–Kier alpha value is -2.09. The quantitative estimate of drug-likeness (QED) is 0.803. The summed E-state index contributed by atoms with van der Waals surface area (Å²) in [7, 11) is -1.91. The lowest BCUT2D eigenvalue weighted by Gasteiger charge is -2.21. The fraction of sp³-hybridized carbons (Fsp3) is 0.429. The Bertz CT molecular complexity index is 714. The normalized spacial score (nSPS) is 17.0. The number of carbonyl (C=O) groups excluding carboxylic acids is 2. The van der Waals surface area contributed by atoms with Gasteiger partial charge in [-0.2, -0.15) is 0 Å². The monoisotopic (exact) mass is 326 g/mol. The van der Waals surface area contributed by atoms with Crippen LogP contribution in [0.5, 0.6) is 0 Å². The molecule has 0 saturated heterocycles. The third kappa shape index (κ3) is 3.22. The van der Waals surface area contributed by atoms with Crippen LogP contribution in [0.3, 0.4) is 0 Å². The van der Waals surface area contributed by atoms with Crippen molar-refractivity contribution in [3.63, 3.8) is 0 Å². The molecule has 7 nitrogen and oxygen atoms in total. The van der Waals surface area contributed by atoms with Crippen LogP contribution >= 0.6 is 0 Å². The summed E-state index contributed by atoms with van der Waals surface area (Å²) in [6.07, 6.45) is 1.68. The Kier molecular flexibility index (Phi) is 4.41. The van der Waals surface area contributed by atoms with Crippen LogP contribution < -0.4 is 9.62 Å². The number of carbonyl (C=O) groups is 2. The average molecular weight is 326 g/mol. The fourth-order valence-electron chi connectivity index (χ4n) is 2.52. The molecule has 1 heterocycles. The van der Waals surface area contributed by atoms with Gasteiger partial charge in [0.2, 0.25) is 10.0 Å². The van der Waals surface area contributed by atoms with Crippen molar-refractivity contribution >= 4 is 27.6 Å². The van der Waals surface area contributed by atoms with E-state index in [4.69, 9.17) is 4.74 Å². The van der Waals surface area contributed by atoms with E-state index >= 15 is 0 Å². The molecule has 0 fully saturated rings. The predicted octanol–water partition coefficient (Wildman–Crippen LogP) is 0.300. The summed E-state index contributed by atoms with van der Waals surface area (Å²) >= 11 is 0. The van der Waals surface area contributed by atoms with Crippen LogP contribution in [0.25, 0.3) is 0 Å². The van der Waals surface area contributed by atoms with Crippen molar-refractivity contribution in [2.75, 3.05) is 24.2 Å². The van der Waals surface area contributed by atoms with Crippen molar-refractivity contribution < 1.29 is 22.7 Å². The fourth-order valence-corrected chi connectivity index (χ4v) is 3.79. The highest BCUT2D eigenvalue weighted by Crippen LogP contribution is 2.34. The van der Waals surface area contributed by atoms with Crippen LogP contribution in [0.15, 0.2) is 18.2 Å². The number of amides is 1. The lowest BCUT2D eigenvalue weighted by molar-refractivity contribution is -0.123. The maximum Gasteiger partial charge on any atom is 0.338 e. The maximum atomic E-state index is 11.9. The molecule has 1 N–H and O–H groups in total. The van der Waals surface area contributed by atoms with Crippen LogP contribution in [0.2, 0.25) is 0 Å². The molecule has 1 atom stereocenters. The number of ether oxygens (including phenoxy) is 1. The molecule has 22 heavy (non-hydrogen) atoms. The number of nitrogens with zero attached hydrogens (tertiary/aromatic N) is 1. The number of esters is 1. The number of fused-ring (bicyclic) bond motifs is 1. The zero-order chi connectivity index (χ0) is 16.5. The SMILES string of the molecule is CNC(=O)COC(=O)c1ccc2c(c1)C[C@H](C)N2S(C)(=O)=O. The van der Waals surface area contributed by atoms with Gasteiger partial charge in [-0.1, -0.05) is 0 Å². The molecule has 0 saturated carbocycles. The summed E-state index contributed by atoms with van der Waals surface area (Å²) in [5.74, 6) is -1.01. The van der Waals surface area contributed by atoms with E-state index in [-0.39, 0.29) is 12.6 Å². The minimum absolute atomic E-state index is 0.192. The van der Waals surface area contributed by atoms with Crippen molar-refractivity contribution in [3.05, 3.63) is 29.3 Å². The lowest BCUT2D eigenvalue weighted by atomic mass is 10.1. The summed E-state index contributed by atoms with van der Waals surface area (Å²) in [6, 6.07) is 4.52. The minimum Gasteiger partial charge on any atom is -0.452 e. The number of rotatable bonds is 4. The highest BCUT2D eigenvalue weighted by Gasteiger charge is 2.32. The van der Waals surface area contributed by atoms with Gasteiger partial charge in [-0.3, -0.25) is 9.10 Å². The van der Waals surface area contributed by atoms with Gasteiger partial charge >= 0.3 is 5.97 Å². The average Bonchev–Trinajstić information content (AvgIpc) is 2.78. The third-order valence-corrected chi connectivity index (χ3v) is 4.71. The zero-order valence-corrected chi connectivity index (χ0v) is 13.4. The number of sulfonamides is 1. The van der Waals surface area contributed by atoms with E-state index in [1.807, 2.05) is 6.92 Å². The highest BCUT2D eigenvalue weighted by molar-refractivity contribution is 7.92. The largest absolute Gasteiger partial charge is 0.452 e. The van der Waals surface area contributed by atoms with E-state index in [1.54, 1.807) is 12.1 Å². The first-order chi connectivity index (χ1) is 10.2. The van der Waals surface area contributed by atoms with E-state index in [0.29, 0.717) is 17.7 Å². The molecular weight excluding hydrogens is 308 g/mol. The summed E-state index contributed by atoms with van der Waals surface area (Å²) in [4.78, 5) is 23.0. The smallest absolute Gasteiger partial charge is 0.338 e. The van der Waals surface area contributed by atoms with Crippen LogP contribution in [0, 0.1) is 0 Å². The van der Waals surface area contributed by atoms with Gasteiger partial charge in [0, 0.05) is 13.1 Å². The van der Waals surface area contributed by atoms with Crippen molar-refractivity contribution in [3.8, 4) is 0 Å². The Morgan fingerprint density at radius 2 is 2.09 bits per heavy atom. The van der Waals surface area contributed by atoms with Gasteiger partial charge in [0.25, 0.3) is 5.91 Å². The molecule has 2 rings (SSSR count). The summed E-state index contributed by atoms with van der Waals surface area (Å²) in [5.41, 5.74) is 1.65. The Balaban J connectivity index is 2.22. The molecule has 8 heteroatoms. The van der Waals surface area contributed by atoms with Crippen LogP contribution in [0.1, 0.15) is 22.8 Å². The lowest BCUT2D eigenvalue weighted by Crippen LogP contribution is -2.34. The van der Waals surface area contributed by atoms with Gasteiger partial charge in [-0.25, -0.2) is 13.2 Å². The number of benzene rings is 1. The van der Waals surface area contributed by atoms with Gasteiger partial charge in [0.15, 0.2) is 6.61 Å². The predicted molar refractivity (Wildman–Crippen MR) is 81.3 cm³/mol. The number of likely N-dealkylation sites (N-methyl/N-ethyl adjacent to an activating group) is 1. The summed E-state index contributed by atoms with van der Waals surface area (Å²) < 4.78 is 29.9. The second-order valence-electron chi connectivity index (χ2n) is 5.20. The molecule has 1 aromatic rings. The first kappa shape index (κ1) is 16.3. The van der Waals surface area contributed by atoms with Crippen molar-refractivity contribution in [1.82, 2.24) is 5.32 Å². The highest BCUT2D eigenvalue weighted by atomic mass is 32.2. The molecule has 0 bridgehead atoms. The molecule has 0 aliphatic carbocycles. The Labute approximate surface area is 129 Å². The zero-order valence-electron chi connectivity index (χ0n) is 12.6. The van der Waals surface area contributed by atoms with E-state index in [2.05, 4.69) is 5.32 Å². The van der Waals surface area contributed by atoms with Gasteiger partial charge in [0.1, 0.15) is 0 Å². The second-order valence-corrected chi connectivity index (χ2v) is 7.06. The molecule has 0 radical (unpaired) electrons. The van der Waals surface area contributed by atoms with Crippen LogP contribution in [-0.2, 0) is 26.0 Å². The van der Waals surface area contributed by atoms with E-state index in [0.717, 1.165) is 11.8 Å². The molecule has 1 aliphatic heterocycles. The minimum atomic E-state index is -3.36. The first-order valence-corrected chi connectivity index (χ1v) is 8.59. The van der Waals surface area contributed by atoms with Crippen LogP contribution in [0.4, 0.5) is 5.69 Å². The van der Waals surface area contributed by atoms with Crippen molar-refractivity contribution in [2.45, 2.75) is 19.4 Å². The van der Waals surface area contributed by atoms with Gasteiger partial charge < -0.3 is 10.1 Å². The van der Waals surface area contributed by atoms with E-state index in [1.165, 1.54) is 17.4 Å². The van der Waals surface area contributed by atoms with Crippen LogP contribution in [-0.4, -0.2) is 46.2 Å². The first-order valence-electron chi connectivity index (χ1n) is 6.74. The summed E-state index contributed by atoms with van der Waals surface area (Å²) in [6.45, 7) is 1.46. The van der Waals surface area contributed by atoms with Gasteiger partial charge in [-0.15, -0.1) is 0 Å². The molecule has 1 aliphatic rings. The van der Waals surface area contributed by atoms with E-state index in [9.17, 15) is 18.0 Å². The molecule has 0 spiro atoms. The number of hydrogen-bond acceptors (Lipinski definition) is 5. The molecule has 1 aromatic carbocycles. The maximum absolute atomic E-state index is 11.9.